The molecule has 0 bridgehead atoms. The summed E-state index contributed by atoms with van der Waals surface area (Å²) in [5.41, 5.74) is 2.97. The van der Waals surface area contributed by atoms with Crippen molar-refractivity contribution in [2.75, 3.05) is 25.1 Å². The first-order valence-electron chi connectivity index (χ1n) is 8.34. The second-order valence-corrected chi connectivity index (χ2v) is 9.02. The second-order valence-electron chi connectivity index (χ2n) is 6.79. The summed E-state index contributed by atoms with van der Waals surface area (Å²) in [6.45, 7) is 2.59. The first-order valence-corrected chi connectivity index (χ1v) is 10.2. The van der Waals surface area contributed by atoms with Crippen LogP contribution < -0.4 is 5.32 Å². The van der Waals surface area contributed by atoms with E-state index in [1.54, 1.807) is 7.05 Å². The highest BCUT2D eigenvalue weighted by molar-refractivity contribution is 7.91. The Kier molecular flexibility index (Phi) is 4.83. The molecule has 0 spiro atoms. The molecule has 1 aromatic heterocycles. The van der Waals surface area contributed by atoms with Gasteiger partial charge in [-0.3, -0.25) is 9.69 Å². The molecule has 1 fully saturated rings. The number of benzene rings is 1. The molecule has 8 heteroatoms. The Balaban J connectivity index is 1.55. The van der Waals surface area contributed by atoms with Gasteiger partial charge in [0.1, 0.15) is 5.82 Å². The minimum atomic E-state index is -2.94. The number of fused-ring (bicyclic) bond motifs is 1. The normalized spacial score (nSPS) is 19.6. The van der Waals surface area contributed by atoms with Gasteiger partial charge in [0.05, 0.1) is 29.1 Å². The largest absolute Gasteiger partial charge is 0.351 e. The Bertz CT molecular complexity index is 904. The first-order chi connectivity index (χ1) is 11.7. The number of carbonyl (C=O) groups is 1. The van der Waals surface area contributed by atoms with Crippen molar-refractivity contribution in [3.8, 4) is 0 Å². The molecule has 1 saturated heterocycles. The van der Waals surface area contributed by atoms with Crippen LogP contribution in [0.3, 0.4) is 0 Å². The van der Waals surface area contributed by atoms with E-state index in [1.807, 2.05) is 41.6 Å². The molecule has 1 unspecified atom stereocenters. The van der Waals surface area contributed by atoms with Crippen LogP contribution in [0.4, 0.5) is 0 Å². The van der Waals surface area contributed by atoms with Crippen molar-refractivity contribution in [2.45, 2.75) is 25.9 Å². The molecule has 1 aromatic carbocycles. The summed E-state index contributed by atoms with van der Waals surface area (Å²) < 4.78 is 25.1. The predicted octanol–water partition coefficient (Wildman–Crippen LogP) is 0.617. The quantitative estimate of drug-likeness (QED) is 0.841. The zero-order chi connectivity index (χ0) is 18.2. The molecular weight excluding hydrogens is 340 g/mol. The van der Waals surface area contributed by atoms with E-state index < -0.39 is 9.84 Å². The van der Waals surface area contributed by atoms with Gasteiger partial charge in [-0.15, -0.1) is 0 Å². The Morgan fingerprint density at radius 2 is 2.20 bits per heavy atom. The Hall–Kier alpha value is -1.93. The highest BCUT2D eigenvalue weighted by Crippen LogP contribution is 2.17. The number of nitrogens with one attached hydrogen (secondary N) is 1. The van der Waals surface area contributed by atoms with Gasteiger partial charge in [-0.25, -0.2) is 13.4 Å². The molecule has 1 aliphatic rings. The summed E-state index contributed by atoms with van der Waals surface area (Å²) in [6, 6.07) is 5.91. The first kappa shape index (κ1) is 17.9. The van der Waals surface area contributed by atoms with Gasteiger partial charge in [0.25, 0.3) is 0 Å². The third-order valence-corrected chi connectivity index (χ3v) is 6.63. The number of sulfone groups is 1. The van der Waals surface area contributed by atoms with Gasteiger partial charge in [0, 0.05) is 19.6 Å². The number of nitrogens with zero attached hydrogens (tertiary/aromatic N) is 3. The summed E-state index contributed by atoms with van der Waals surface area (Å²) in [5, 5.41) is 2.90. The number of likely N-dealkylation sites (N-methyl/N-ethyl adjacent to an activating group) is 1. The number of carbonyl (C=O) groups excluding carboxylic acids is 1. The van der Waals surface area contributed by atoms with E-state index in [1.165, 1.54) is 0 Å². The average molecular weight is 364 g/mol. The fourth-order valence-electron chi connectivity index (χ4n) is 3.21. The van der Waals surface area contributed by atoms with Gasteiger partial charge in [0.2, 0.25) is 5.91 Å². The van der Waals surface area contributed by atoms with E-state index in [4.69, 9.17) is 0 Å². The number of aryl methyl sites for hydroxylation is 2. The van der Waals surface area contributed by atoms with Crippen molar-refractivity contribution in [3.05, 3.63) is 29.6 Å². The summed E-state index contributed by atoms with van der Waals surface area (Å²) >= 11 is 0. The Morgan fingerprint density at radius 3 is 2.88 bits per heavy atom. The number of imidazole rings is 1. The fraction of sp³-hybridized carbons (Fsp3) is 0.529. The predicted molar refractivity (Wildman–Crippen MR) is 97.0 cm³/mol. The van der Waals surface area contributed by atoms with E-state index in [-0.39, 0.29) is 30.0 Å². The van der Waals surface area contributed by atoms with Crippen LogP contribution >= 0.6 is 0 Å². The fourth-order valence-corrected chi connectivity index (χ4v) is 5.02. The van der Waals surface area contributed by atoms with Gasteiger partial charge in [-0.05, 0) is 38.1 Å². The van der Waals surface area contributed by atoms with Crippen LogP contribution in [0.2, 0.25) is 0 Å². The lowest BCUT2D eigenvalue weighted by atomic mass is 10.2. The second kappa shape index (κ2) is 6.76. The maximum Gasteiger partial charge on any atom is 0.234 e. The molecule has 1 aliphatic heterocycles. The summed E-state index contributed by atoms with van der Waals surface area (Å²) in [6.07, 6.45) is 0.599. The molecule has 0 aliphatic carbocycles. The van der Waals surface area contributed by atoms with Crippen LogP contribution in [0, 0.1) is 6.92 Å². The third-order valence-electron chi connectivity index (χ3n) is 4.88. The lowest BCUT2D eigenvalue weighted by Gasteiger charge is -2.22. The van der Waals surface area contributed by atoms with Crippen LogP contribution in [-0.4, -0.2) is 59.9 Å². The highest BCUT2D eigenvalue weighted by Gasteiger charge is 2.31. The maximum atomic E-state index is 12.1. The van der Waals surface area contributed by atoms with Crippen molar-refractivity contribution in [1.29, 1.82) is 0 Å². The molecule has 1 atom stereocenters. The molecule has 136 valence electrons. The summed E-state index contributed by atoms with van der Waals surface area (Å²) in [7, 11) is 0.841. The average Bonchev–Trinajstić information content (AvgIpc) is 3.05. The van der Waals surface area contributed by atoms with Gasteiger partial charge in [0.15, 0.2) is 9.84 Å². The van der Waals surface area contributed by atoms with Crippen LogP contribution in [0.1, 0.15) is 17.8 Å². The molecule has 0 saturated carbocycles. The van der Waals surface area contributed by atoms with Crippen molar-refractivity contribution in [3.63, 3.8) is 0 Å². The molecule has 7 nitrogen and oxygen atoms in total. The molecule has 2 heterocycles. The van der Waals surface area contributed by atoms with E-state index in [9.17, 15) is 13.2 Å². The number of amides is 1. The van der Waals surface area contributed by atoms with Crippen molar-refractivity contribution in [1.82, 2.24) is 19.8 Å². The lowest BCUT2D eigenvalue weighted by molar-refractivity contribution is -0.122. The van der Waals surface area contributed by atoms with E-state index in [2.05, 4.69) is 10.3 Å². The topological polar surface area (TPSA) is 84.3 Å². The number of rotatable bonds is 5. The SMILES string of the molecule is Cc1nc2cc(CNC(=O)CN(C)C3CCS(=O)(=O)C3)ccc2n1C. The lowest BCUT2D eigenvalue weighted by Crippen LogP contribution is -2.41. The van der Waals surface area contributed by atoms with Crippen LogP contribution in [0.15, 0.2) is 18.2 Å². The van der Waals surface area contributed by atoms with Gasteiger partial charge in [-0.1, -0.05) is 6.07 Å². The van der Waals surface area contributed by atoms with E-state index in [0.29, 0.717) is 13.0 Å². The number of hydrogen-bond donors (Lipinski definition) is 1. The van der Waals surface area contributed by atoms with Crippen molar-refractivity contribution in [2.24, 2.45) is 7.05 Å². The number of aromatic nitrogens is 2. The minimum Gasteiger partial charge on any atom is -0.351 e. The third kappa shape index (κ3) is 4.01. The highest BCUT2D eigenvalue weighted by atomic mass is 32.2. The molecule has 25 heavy (non-hydrogen) atoms. The van der Waals surface area contributed by atoms with E-state index >= 15 is 0 Å². The standard InChI is InChI=1S/C17H24N4O3S/c1-12-19-15-8-13(4-5-16(15)21(12)3)9-18-17(22)10-20(2)14-6-7-25(23,24)11-14/h4-5,8,14H,6-7,9-11H2,1-3H3,(H,18,22). The van der Waals surface area contributed by atoms with Crippen molar-refractivity contribution < 1.29 is 13.2 Å². The summed E-state index contributed by atoms with van der Waals surface area (Å²) in [4.78, 5) is 18.5. The molecule has 2 aromatic rings. The van der Waals surface area contributed by atoms with Crippen molar-refractivity contribution >= 4 is 26.8 Å². The maximum absolute atomic E-state index is 12.1. The molecule has 1 amide bonds. The minimum absolute atomic E-state index is 0.0661. The van der Waals surface area contributed by atoms with Crippen LogP contribution in [0.5, 0.6) is 0 Å². The van der Waals surface area contributed by atoms with Gasteiger partial charge < -0.3 is 9.88 Å². The zero-order valence-electron chi connectivity index (χ0n) is 14.8. The Labute approximate surface area is 147 Å². The number of hydrogen-bond acceptors (Lipinski definition) is 5. The van der Waals surface area contributed by atoms with Gasteiger partial charge >= 0.3 is 0 Å². The smallest absolute Gasteiger partial charge is 0.234 e. The molecule has 3 rings (SSSR count). The Morgan fingerprint density at radius 1 is 1.44 bits per heavy atom. The monoisotopic (exact) mass is 364 g/mol. The van der Waals surface area contributed by atoms with Crippen LogP contribution in [0.25, 0.3) is 11.0 Å². The van der Waals surface area contributed by atoms with Gasteiger partial charge in [-0.2, -0.15) is 0 Å². The van der Waals surface area contributed by atoms with Crippen LogP contribution in [-0.2, 0) is 28.2 Å². The summed E-state index contributed by atoms with van der Waals surface area (Å²) in [5.74, 6) is 1.20. The molecular formula is C17H24N4O3S. The zero-order valence-corrected chi connectivity index (χ0v) is 15.6. The molecule has 1 N–H and O–H groups in total. The molecule has 0 radical (unpaired) electrons. The van der Waals surface area contributed by atoms with E-state index in [0.717, 1.165) is 22.4 Å².